The van der Waals surface area contributed by atoms with Crippen LogP contribution in [0.4, 0.5) is 0 Å². The fourth-order valence-corrected chi connectivity index (χ4v) is 1.03. The molecule has 0 aliphatic heterocycles. The predicted octanol–water partition coefficient (Wildman–Crippen LogP) is 0.555. The number of hydrogen-bond donors (Lipinski definition) is 2. The molecule has 0 aromatic rings. The molecule has 0 fully saturated rings. The van der Waals surface area contributed by atoms with Crippen molar-refractivity contribution in [3.63, 3.8) is 0 Å². The average Bonchev–Trinajstić information content (AvgIpc) is 1.87. The van der Waals surface area contributed by atoms with E-state index >= 15 is 0 Å². The first kappa shape index (κ1) is 8.65. The first-order chi connectivity index (χ1) is 3.68. The van der Waals surface area contributed by atoms with E-state index in [2.05, 4.69) is 22.6 Å². The van der Waals surface area contributed by atoms with Crippen molar-refractivity contribution in [3.8, 4) is 0 Å². The van der Waals surface area contributed by atoms with E-state index in [4.69, 9.17) is 5.11 Å². The Hall–Kier alpha value is 0.650. The Morgan fingerprint density at radius 1 is 1.62 bits per heavy atom. The fourth-order valence-electron chi connectivity index (χ4n) is 0.249. The minimum Gasteiger partial charge on any atom is -0.393 e. The van der Waals surface area contributed by atoms with Crippen LogP contribution in [0.25, 0.3) is 0 Å². The summed E-state index contributed by atoms with van der Waals surface area (Å²) >= 11 is 2.06. The summed E-state index contributed by atoms with van der Waals surface area (Å²) in [6.45, 7) is 1.72. The molecule has 0 aliphatic carbocycles. The molecule has 1 unspecified atom stereocenters. The summed E-state index contributed by atoms with van der Waals surface area (Å²) in [5.74, 6) is 0. The molecule has 0 radical (unpaired) electrons. The van der Waals surface area contributed by atoms with Gasteiger partial charge in [-0.3, -0.25) is 0 Å². The Bertz CT molecular complexity index is 53.2. The van der Waals surface area contributed by atoms with Gasteiger partial charge in [-0.2, -0.15) is 0 Å². The van der Waals surface area contributed by atoms with Crippen LogP contribution in [0.15, 0.2) is 0 Å². The SMILES string of the molecule is CCC(O)(CO)CI. The molecule has 3 heteroatoms. The first-order valence-electron chi connectivity index (χ1n) is 2.57. The quantitative estimate of drug-likeness (QED) is 0.549. The lowest BCUT2D eigenvalue weighted by atomic mass is 10.1. The predicted molar refractivity (Wildman–Crippen MR) is 41.2 cm³/mol. The van der Waals surface area contributed by atoms with Crippen LogP contribution in [0.3, 0.4) is 0 Å². The molecule has 0 amide bonds. The molecule has 0 rings (SSSR count). The third-order valence-electron chi connectivity index (χ3n) is 1.20. The standard InChI is InChI=1S/C5H11IO2/c1-2-5(8,3-6)4-7/h7-8H,2-4H2,1H3. The van der Waals surface area contributed by atoms with Crippen LogP contribution in [0.1, 0.15) is 13.3 Å². The molecule has 0 saturated heterocycles. The summed E-state index contributed by atoms with van der Waals surface area (Å²) in [7, 11) is 0. The van der Waals surface area contributed by atoms with Crippen LogP contribution in [-0.4, -0.2) is 26.8 Å². The largest absolute Gasteiger partial charge is 0.393 e. The monoisotopic (exact) mass is 230 g/mol. The van der Waals surface area contributed by atoms with E-state index in [1.807, 2.05) is 6.92 Å². The zero-order chi connectivity index (χ0) is 6.62. The van der Waals surface area contributed by atoms with Gasteiger partial charge in [-0.05, 0) is 6.42 Å². The second-order valence-corrected chi connectivity index (χ2v) is 2.63. The summed E-state index contributed by atoms with van der Waals surface area (Å²) in [5.41, 5.74) is -0.833. The number of aliphatic hydroxyl groups is 2. The number of halogens is 1. The minimum absolute atomic E-state index is 0.133. The van der Waals surface area contributed by atoms with Crippen molar-refractivity contribution in [2.75, 3.05) is 11.0 Å². The van der Waals surface area contributed by atoms with Crippen LogP contribution in [0.2, 0.25) is 0 Å². The molecule has 0 spiro atoms. The van der Waals surface area contributed by atoms with E-state index in [-0.39, 0.29) is 6.61 Å². The molecule has 0 aliphatic rings. The van der Waals surface area contributed by atoms with Crippen LogP contribution in [0, 0.1) is 0 Å². The summed E-state index contributed by atoms with van der Waals surface area (Å²) in [6, 6.07) is 0. The molecular formula is C5H11IO2. The lowest BCUT2D eigenvalue weighted by Gasteiger charge is -2.20. The number of hydrogen-bond acceptors (Lipinski definition) is 2. The van der Waals surface area contributed by atoms with E-state index in [9.17, 15) is 5.11 Å². The van der Waals surface area contributed by atoms with Gasteiger partial charge in [-0.15, -0.1) is 0 Å². The van der Waals surface area contributed by atoms with Gasteiger partial charge in [-0.25, -0.2) is 0 Å². The Morgan fingerprint density at radius 2 is 2.12 bits per heavy atom. The number of alkyl halides is 1. The Balaban J connectivity index is 3.58. The van der Waals surface area contributed by atoms with Crippen molar-refractivity contribution in [1.82, 2.24) is 0 Å². The topological polar surface area (TPSA) is 40.5 Å². The minimum atomic E-state index is -0.833. The van der Waals surface area contributed by atoms with Crippen LogP contribution < -0.4 is 0 Å². The molecule has 0 heterocycles. The third kappa shape index (κ3) is 2.28. The lowest BCUT2D eigenvalue weighted by Crippen LogP contribution is -2.33. The van der Waals surface area contributed by atoms with E-state index < -0.39 is 5.60 Å². The second-order valence-electron chi connectivity index (χ2n) is 1.87. The molecule has 0 saturated carbocycles. The fraction of sp³-hybridized carbons (Fsp3) is 1.00. The third-order valence-corrected chi connectivity index (χ3v) is 2.62. The second kappa shape index (κ2) is 3.63. The highest BCUT2D eigenvalue weighted by Gasteiger charge is 2.20. The maximum atomic E-state index is 9.18. The van der Waals surface area contributed by atoms with Gasteiger partial charge in [-0.1, -0.05) is 29.5 Å². The molecule has 8 heavy (non-hydrogen) atoms. The van der Waals surface area contributed by atoms with Crippen molar-refractivity contribution in [3.05, 3.63) is 0 Å². The number of rotatable bonds is 3. The highest BCUT2D eigenvalue weighted by atomic mass is 127. The average molecular weight is 230 g/mol. The summed E-state index contributed by atoms with van der Waals surface area (Å²) < 4.78 is 0.595. The van der Waals surface area contributed by atoms with Gasteiger partial charge in [0.1, 0.15) is 0 Å². The molecule has 0 aromatic heterocycles. The molecule has 50 valence electrons. The van der Waals surface area contributed by atoms with Gasteiger partial charge < -0.3 is 10.2 Å². The van der Waals surface area contributed by atoms with Crippen molar-refractivity contribution in [1.29, 1.82) is 0 Å². The van der Waals surface area contributed by atoms with Gasteiger partial charge in [0, 0.05) is 4.43 Å². The van der Waals surface area contributed by atoms with Gasteiger partial charge in [0.25, 0.3) is 0 Å². The van der Waals surface area contributed by atoms with E-state index in [0.717, 1.165) is 0 Å². The molecule has 2 N–H and O–H groups in total. The van der Waals surface area contributed by atoms with Crippen molar-refractivity contribution >= 4 is 22.6 Å². The highest BCUT2D eigenvalue weighted by molar-refractivity contribution is 14.1. The van der Waals surface area contributed by atoms with E-state index in [1.165, 1.54) is 0 Å². The van der Waals surface area contributed by atoms with E-state index in [1.54, 1.807) is 0 Å². The summed E-state index contributed by atoms with van der Waals surface area (Å²) in [5, 5.41) is 17.7. The Kier molecular flexibility index (Phi) is 3.93. The van der Waals surface area contributed by atoms with Crippen molar-refractivity contribution in [2.45, 2.75) is 18.9 Å². The van der Waals surface area contributed by atoms with Crippen LogP contribution in [-0.2, 0) is 0 Å². The Morgan fingerprint density at radius 3 is 2.12 bits per heavy atom. The zero-order valence-corrected chi connectivity index (χ0v) is 7.05. The first-order valence-corrected chi connectivity index (χ1v) is 4.10. The zero-order valence-electron chi connectivity index (χ0n) is 4.89. The summed E-state index contributed by atoms with van der Waals surface area (Å²) in [4.78, 5) is 0. The van der Waals surface area contributed by atoms with Gasteiger partial charge in [0.15, 0.2) is 0 Å². The van der Waals surface area contributed by atoms with Gasteiger partial charge >= 0.3 is 0 Å². The van der Waals surface area contributed by atoms with Crippen LogP contribution >= 0.6 is 22.6 Å². The van der Waals surface area contributed by atoms with Gasteiger partial charge in [0.05, 0.1) is 12.2 Å². The van der Waals surface area contributed by atoms with Gasteiger partial charge in [0.2, 0.25) is 0 Å². The summed E-state index contributed by atoms with van der Waals surface area (Å²) in [6.07, 6.45) is 0.617. The van der Waals surface area contributed by atoms with E-state index in [0.29, 0.717) is 10.8 Å². The maximum Gasteiger partial charge on any atom is 0.0963 e. The molecule has 1 atom stereocenters. The Labute approximate surface area is 63.0 Å². The molecule has 0 bridgehead atoms. The van der Waals surface area contributed by atoms with Crippen LogP contribution in [0.5, 0.6) is 0 Å². The lowest BCUT2D eigenvalue weighted by molar-refractivity contribution is 0.00566. The normalized spacial score (nSPS) is 18.0. The number of aliphatic hydroxyl groups excluding tert-OH is 1. The molecule has 2 nitrogen and oxygen atoms in total. The molecular weight excluding hydrogens is 219 g/mol. The maximum absolute atomic E-state index is 9.18. The van der Waals surface area contributed by atoms with Crippen molar-refractivity contribution < 1.29 is 10.2 Å². The van der Waals surface area contributed by atoms with Crippen molar-refractivity contribution in [2.24, 2.45) is 0 Å². The highest BCUT2D eigenvalue weighted by Crippen LogP contribution is 2.11. The molecule has 0 aromatic carbocycles. The smallest absolute Gasteiger partial charge is 0.0963 e.